The van der Waals surface area contributed by atoms with E-state index in [1.165, 1.54) is 0 Å². The van der Waals surface area contributed by atoms with Crippen LogP contribution in [0.15, 0.2) is 37.1 Å². The van der Waals surface area contributed by atoms with Crippen molar-refractivity contribution in [3.63, 3.8) is 0 Å². The van der Waals surface area contributed by atoms with Gasteiger partial charge in [0.15, 0.2) is 0 Å². The Bertz CT molecular complexity index is 971. The molecule has 0 atom stereocenters. The number of anilines is 1. The number of H-pyrrole nitrogens is 1. The van der Waals surface area contributed by atoms with Crippen LogP contribution in [0.4, 0.5) is 10.6 Å². The maximum absolute atomic E-state index is 12.3. The van der Waals surface area contributed by atoms with Crippen molar-refractivity contribution in [2.45, 2.75) is 26.4 Å². The second-order valence-corrected chi connectivity index (χ2v) is 7.82. The van der Waals surface area contributed by atoms with E-state index < -0.39 is 5.60 Å². The van der Waals surface area contributed by atoms with Gasteiger partial charge in [0, 0.05) is 55.9 Å². The number of nitrogens with one attached hydrogen (secondary N) is 1. The first kappa shape index (κ1) is 18.2. The first-order valence-electron chi connectivity index (χ1n) is 9.38. The van der Waals surface area contributed by atoms with Crippen LogP contribution in [-0.2, 0) is 4.74 Å². The molecule has 0 radical (unpaired) electrons. The van der Waals surface area contributed by atoms with E-state index in [0.29, 0.717) is 26.2 Å². The second kappa shape index (κ2) is 7.10. The van der Waals surface area contributed by atoms with Crippen LogP contribution in [0.5, 0.6) is 0 Å². The van der Waals surface area contributed by atoms with Crippen molar-refractivity contribution in [1.29, 1.82) is 0 Å². The van der Waals surface area contributed by atoms with Gasteiger partial charge in [-0.3, -0.25) is 4.98 Å². The number of piperazine rings is 1. The van der Waals surface area contributed by atoms with Crippen LogP contribution < -0.4 is 4.90 Å². The highest BCUT2D eigenvalue weighted by molar-refractivity contribution is 6.01. The molecule has 146 valence electrons. The molecule has 0 spiro atoms. The molecule has 1 aliphatic heterocycles. The average Bonchev–Trinajstić information content (AvgIpc) is 3.12. The zero-order valence-corrected chi connectivity index (χ0v) is 16.3. The van der Waals surface area contributed by atoms with E-state index in [4.69, 9.17) is 4.74 Å². The summed E-state index contributed by atoms with van der Waals surface area (Å²) in [4.78, 5) is 32.6. The zero-order valence-electron chi connectivity index (χ0n) is 16.3. The SMILES string of the molecule is CC(C)(C)OC(=O)N1CCN(c2ncnc3[nH]cc(-c4cccnc4)c23)CC1. The molecule has 3 aromatic rings. The Morgan fingerprint density at radius 2 is 1.96 bits per heavy atom. The summed E-state index contributed by atoms with van der Waals surface area (Å²) in [5.41, 5.74) is 2.33. The highest BCUT2D eigenvalue weighted by atomic mass is 16.6. The molecule has 28 heavy (non-hydrogen) atoms. The van der Waals surface area contributed by atoms with E-state index in [2.05, 4.69) is 24.8 Å². The highest BCUT2D eigenvalue weighted by Gasteiger charge is 2.27. The van der Waals surface area contributed by atoms with Crippen LogP contribution in [-0.4, -0.2) is 62.7 Å². The van der Waals surface area contributed by atoms with Crippen LogP contribution in [0.2, 0.25) is 0 Å². The van der Waals surface area contributed by atoms with Crippen LogP contribution >= 0.6 is 0 Å². The van der Waals surface area contributed by atoms with Gasteiger partial charge < -0.3 is 19.5 Å². The molecule has 0 aliphatic carbocycles. The molecule has 3 aromatic heterocycles. The van der Waals surface area contributed by atoms with E-state index in [1.807, 2.05) is 45.3 Å². The minimum absolute atomic E-state index is 0.266. The number of fused-ring (bicyclic) bond motifs is 1. The summed E-state index contributed by atoms with van der Waals surface area (Å²) in [6.07, 6.45) is 6.83. The molecule has 8 heteroatoms. The van der Waals surface area contributed by atoms with Crippen molar-refractivity contribution in [3.05, 3.63) is 37.1 Å². The number of rotatable bonds is 2. The van der Waals surface area contributed by atoms with Gasteiger partial charge in [-0.15, -0.1) is 0 Å². The fourth-order valence-electron chi connectivity index (χ4n) is 3.36. The average molecular weight is 380 g/mol. The first-order valence-corrected chi connectivity index (χ1v) is 9.38. The fourth-order valence-corrected chi connectivity index (χ4v) is 3.36. The van der Waals surface area contributed by atoms with Gasteiger partial charge in [-0.1, -0.05) is 6.07 Å². The van der Waals surface area contributed by atoms with Crippen LogP contribution in [0.3, 0.4) is 0 Å². The molecule has 8 nitrogen and oxygen atoms in total. The lowest BCUT2D eigenvalue weighted by Crippen LogP contribution is -2.50. The summed E-state index contributed by atoms with van der Waals surface area (Å²) >= 11 is 0. The molecule has 0 bridgehead atoms. The summed E-state index contributed by atoms with van der Waals surface area (Å²) < 4.78 is 5.48. The number of aromatic nitrogens is 4. The van der Waals surface area contributed by atoms with E-state index >= 15 is 0 Å². The Morgan fingerprint density at radius 3 is 2.64 bits per heavy atom. The smallest absolute Gasteiger partial charge is 0.410 e. The number of carbonyl (C=O) groups is 1. The van der Waals surface area contributed by atoms with Crippen LogP contribution in [0.1, 0.15) is 20.8 Å². The maximum Gasteiger partial charge on any atom is 0.410 e. The number of hydrogen-bond acceptors (Lipinski definition) is 6. The predicted molar refractivity (Wildman–Crippen MR) is 107 cm³/mol. The van der Waals surface area contributed by atoms with E-state index in [9.17, 15) is 4.79 Å². The van der Waals surface area contributed by atoms with Crippen molar-refractivity contribution in [1.82, 2.24) is 24.8 Å². The lowest BCUT2D eigenvalue weighted by atomic mass is 10.1. The number of nitrogens with zero attached hydrogens (tertiary/aromatic N) is 5. The summed E-state index contributed by atoms with van der Waals surface area (Å²) in [6.45, 7) is 8.19. The van der Waals surface area contributed by atoms with Crippen molar-refractivity contribution in [2.75, 3.05) is 31.1 Å². The van der Waals surface area contributed by atoms with Gasteiger partial charge in [-0.2, -0.15) is 0 Å². The third-order valence-electron chi connectivity index (χ3n) is 4.65. The number of aromatic amines is 1. The third-order valence-corrected chi connectivity index (χ3v) is 4.65. The van der Waals surface area contributed by atoms with E-state index in [0.717, 1.165) is 28.0 Å². The Balaban J connectivity index is 1.58. The maximum atomic E-state index is 12.3. The Labute approximate surface area is 163 Å². The molecule has 0 aromatic carbocycles. The Hall–Kier alpha value is -3.16. The molecule has 4 heterocycles. The number of pyridine rings is 1. The molecular formula is C20H24N6O2. The van der Waals surface area contributed by atoms with Gasteiger partial charge in [0.25, 0.3) is 0 Å². The monoisotopic (exact) mass is 380 g/mol. The molecule has 0 saturated carbocycles. The van der Waals surface area contributed by atoms with Crippen molar-refractivity contribution in [3.8, 4) is 11.1 Å². The van der Waals surface area contributed by atoms with Gasteiger partial charge in [0.1, 0.15) is 23.4 Å². The topological polar surface area (TPSA) is 87.2 Å². The van der Waals surface area contributed by atoms with E-state index in [1.54, 1.807) is 17.4 Å². The molecule has 1 saturated heterocycles. The van der Waals surface area contributed by atoms with E-state index in [-0.39, 0.29) is 6.09 Å². The Kier molecular flexibility index (Phi) is 4.62. The van der Waals surface area contributed by atoms with Crippen molar-refractivity contribution >= 4 is 22.9 Å². The molecule has 1 aliphatic rings. The Morgan fingerprint density at radius 1 is 1.18 bits per heavy atom. The standard InChI is InChI=1S/C20H24N6O2/c1-20(2,3)28-19(27)26-9-7-25(8-10-26)18-16-15(14-5-4-6-21-11-14)12-22-17(16)23-13-24-18/h4-6,11-13H,7-10H2,1-3H3,(H,22,23,24). The lowest BCUT2D eigenvalue weighted by Gasteiger charge is -2.36. The fraction of sp³-hybridized carbons (Fsp3) is 0.400. The minimum Gasteiger partial charge on any atom is -0.444 e. The number of hydrogen-bond donors (Lipinski definition) is 1. The third kappa shape index (κ3) is 3.62. The zero-order chi connectivity index (χ0) is 19.7. The molecule has 0 unspecified atom stereocenters. The van der Waals surface area contributed by atoms with Crippen LogP contribution in [0, 0.1) is 0 Å². The minimum atomic E-state index is -0.489. The van der Waals surface area contributed by atoms with Crippen molar-refractivity contribution in [2.24, 2.45) is 0 Å². The number of carbonyl (C=O) groups excluding carboxylic acids is 1. The molecule has 4 rings (SSSR count). The van der Waals surface area contributed by atoms with Gasteiger partial charge in [-0.05, 0) is 26.8 Å². The summed E-state index contributed by atoms with van der Waals surface area (Å²) in [6, 6.07) is 3.93. The largest absolute Gasteiger partial charge is 0.444 e. The normalized spacial score (nSPS) is 15.1. The number of ether oxygens (including phenoxy) is 1. The quantitative estimate of drug-likeness (QED) is 0.735. The molecule has 1 fully saturated rings. The summed E-state index contributed by atoms with van der Waals surface area (Å²) in [5, 5.41) is 0.973. The second-order valence-electron chi connectivity index (χ2n) is 7.82. The lowest BCUT2D eigenvalue weighted by molar-refractivity contribution is 0.0240. The van der Waals surface area contributed by atoms with Crippen molar-refractivity contribution < 1.29 is 9.53 Å². The van der Waals surface area contributed by atoms with Gasteiger partial charge in [0.05, 0.1) is 5.39 Å². The highest BCUT2D eigenvalue weighted by Crippen LogP contribution is 2.33. The first-order chi connectivity index (χ1) is 13.4. The number of amides is 1. The molecule has 1 N–H and O–H groups in total. The summed E-state index contributed by atoms with van der Waals surface area (Å²) in [5.74, 6) is 0.869. The van der Waals surface area contributed by atoms with Crippen LogP contribution in [0.25, 0.3) is 22.2 Å². The summed E-state index contributed by atoms with van der Waals surface area (Å²) in [7, 11) is 0. The molecular weight excluding hydrogens is 356 g/mol. The molecule has 1 amide bonds. The van der Waals surface area contributed by atoms with Gasteiger partial charge >= 0.3 is 6.09 Å². The van der Waals surface area contributed by atoms with Gasteiger partial charge in [-0.25, -0.2) is 14.8 Å². The van der Waals surface area contributed by atoms with Gasteiger partial charge in [0.2, 0.25) is 0 Å². The predicted octanol–water partition coefficient (Wildman–Crippen LogP) is 3.08.